The Morgan fingerprint density at radius 3 is 2.50 bits per heavy atom. The molecule has 0 spiro atoms. The van der Waals surface area contributed by atoms with E-state index in [2.05, 4.69) is 29.4 Å². The van der Waals surface area contributed by atoms with Crippen LogP contribution in [0.1, 0.15) is 6.42 Å². The van der Waals surface area contributed by atoms with E-state index in [1.54, 1.807) is 0 Å². The van der Waals surface area contributed by atoms with Crippen LogP contribution in [0.4, 0.5) is 0 Å². The number of carbonyl (C=O) groups excluding carboxylic acids is 1. The SMILES string of the molecule is O=C(CC(S)S)OS(=O)O. The molecule has 1 atom stereocenters. The van der Waals surface area contributed by atoms with Crippen molar-refractivity contribution in [2.45, 2.75) is 11.0 Å². The molecule has 1 unspecified atom stereocenters. The standard InChI is InChI=1S/C3H6O4S3/c4-2(1-3(8)9)7-10(5)6/h3,8-9H,1H2,(H,5,6). The van der Waals surface area contributed by atoms with Crippen molar-refractivity contribution in [3.8, 4) is 0 Å². The summed E-state index contributed by atoms with van der Waals surface area (Å²) >= 11 is 4.96. The molecule has 0 aromatic carbocycles. The van der Waals surface area contributed by atoms with E-state index in [1.807, 2.05) is 0 Å². The van der Waals surface area contributed by atoms with E-state index in [0.717, 1.165) is 0 Å². The van der Waals surface area contributed by atoms with Crippen molar-refractivity contribution in [2.24, 2.45) is 0 Å². The Hall–Kier alpha value is 0.280. The van der Waals surface area contributed by atoms with Gasteiger partial charge in [0.2, 0.25) is 0 Å². The molecule has 0 saturated heterocycles. The van der Waals surface area contributed by atoms with Crippen LogP contribution >= 0.6 is 25.3 Å². The number of carbonyl (C=O) groups is 1. The molecule has 0 saturated carbocycles. The Kier molecular flexibility index (Phi) is 5.14. The molecule has 7 heteroatoms. The van der Waals surface area contributed by atoms with Gasteiger partial charge in [0.25, 0.3) is 0 Å². The minimum atomic E-state index is -2.53. The fourth-order valence-electron chi connectivity index (χ4n) is 0.263. The number of hydrogen-bond acceptors (Lipinski definition) is 5. The minimum absolute atomic E-state index is 0.0987. The summed E-state index contributed by atoms with van der Waals surface area (Å²) in [6, 6.07) is 0. The summed E-state index contributed by atoms with van der Waals surface area (Å²) in [4.78, 5) is 10.4. The Bertz CT molecular complexity index is 145. The average Bonchev–Trinajstić information content (AvgIpc) is 1.58. The zero-order valence-electron chi connectivity index (χ0n) is 4.76. The monoisotopic (exact) mass is 202 g/mol. The van der Waals surface area contributed by atoms with Gasteiger partial charge in [-0.2, -0.15) is 29.5 Å². The van der Waals surface area contributed by atoms with Gasteiger partial charge in [0, 0.05) is 0 Å². The molecule has 0 bridgehead atoms. The summed E-state index contributed by atoms with van der Waals surface area (Å²) in [6.07, 6.45) is -0.0987. The van der Waals surface area contributed by atoms with Crippen LogP contribution in [-0.2, 0) is 20.3 Å². The molecule has 0 amide bonds. The van der Waals surface area contributed by atoms with E-state index < -0.39 is 21.9 Å². The fourth-order valence-corrected chi connectivity index (χ4v) is 0.788. The van der Waals surface area contributed by atoms with Crippen molar-refractivity contribution in [2.75, 3.05) is 0 Å². The topological polar surface area (TPSA) is 63.6 Å². The Morgan fingerprint density at radius 2 is 2.20 bits per heavy atom. The lowest BCUT2D eigenvalue weighted by molar-refractivity contribution is -0.133. The van der Waals surface area contributed by atoms with Crippen molar-refractivity contribution in [1.29, 1.82) is 0 Å². The molecule has 0 aromatic rings. The maximum Gasteiger partial charge on any atom is 0.360 e. The second-order valence-corrected chi connectivity index (χ2v) is 3.61. The fraction of sp³-hybridized carbons (Fsp3) is 0.667. The van der Waals surface area contributed by atoms with Gasteiger partial charge in [-0.1, -0.05) is 0 Å². The highest BCUT2D eigenvalue weighted by molar-refractivity contribution is 7.99. The normalized spacial score (nSPS) is 13.2. The molecule has 0 aliphatic rings. The van der Waals surface area contributed by atoms with E-state index >= 15 is 0 Å². The van der Waals surface area contributed by atoms with Gasteiger partial charge >= 0.3 is 17.3 Å². The smallest absolute Gasteiger partial charge is 0.343 e. The number of hydrogen-bond donors (Lipinski definition) is 3. The molecular weight excluding hydrogens is 196 g/mol. The largest absolute Gasteiger partial charge is 0.360 e. The lowest BCUT2D eigenvalue weighted by Gasteiger charge is -1.99. The minimum Gasteiger partial charge on any atom is -0.343 e. The highest BCUT2D eigenvalue weighted by atomic mass is 32.2. The van der Waals surface area contributed by atoms with Gasteiger partial charge in [0.1, 0.15) is 0 Å². The van der Waals surface area contributed by atoms with Crippen molar-refractivity contribution >= 4 is 42.6 Å². The summed E-state index contributed by atoms with van der Waals surface area (Å²) in [5, 5.41) is 0. The molecule has 10 heavy (non-hydrogen) atoms. The Balaban J connectivity index is 3.54. The van der Waals surface area contributed by atoms with Crippen molar-refractivity contribution < 1.29 is 17.7 Å². The third kappa shape index (κ3) is 6.40. The van der Waals surface area contributed by atoms with Gasteiger partial charge < -0.3 is 4.18 Å². The Labute approximate surface area is 71.6 Å². The molecular formula is C3H6O4S3. The molecule has 0 rings (SSSR count). The van der Waals surface area contributed by atoms with Crippen LogP contribution in [0.25, 0.3) is 0 Å². The third-order valence-electron chi connectivity index (χ3n) is 0.513. The molecule has 1 N–H and O–H groups in total. The highest BCUT2D eigenvalue weighted by Crippen LogP contribution is 2.06. The molecule has 0 heterocycles. The summed E-state index contributed by atoms with van der Waals surface area (Å²) in [7, 11) is 0. The summed E-state index contributed by atoms with van der Waals surface area (Å²) in [6.45, 7) is 0. The molecule has 0 aliphatic carbocycles. The van der Waals surface area contributed by atoms with Crippen molar-refractivity contribution in [3.05, 3.63) is 0 Å². The van der Waals surface area contributed by atoms with Crippen molar-refractivity contribution in [1.82, 2.24) is 0 Å². The molecule has 4 nitrogen and oxygen atoms in total. The van der Waals surface area contributed by atoms with E-state index in [-0.39, 0.29) is 6.42 Å². The van der Waals surface area contributed by atoms with Gasteiger partial charge in [0.15, 0.2) is 0 Å². The van der Waals surface area contributed by atoms with E-state index in [4.69, 9.17) is 4.55 Å². The second kappa shape index (κ2) is 5.00. The lowest BCUT2D eigenvalue weighted by Crippen LogP contribution is -2.09. The predicted octanol–water partition coefficient (Wildman–Crippen LogP) is 0.242. The molecule has 60 valence electrons. The molecule has 0 fully saturated rings. The quantitative estimate of drug-likeness (QED) is 0.348. The van der Waals surface area contributed by atoms with E-state index in [0.29, 0.717) is 0 Å². The van der Waals surface area contributed by atoms with Crippen LogP contribution in [0.5, 0.6) is 0 Å². The third-order valence-corrected chi connectivity index (χ3v) is 1.21. The van der Waals surface area contributed by atoms with Crippen molar-refractivity contribution in [3.63, 3.8) is 0 Å². The van der Waals surface area contributed by atoms with Crippen LogP contribution in [-0.4, -0.2) is 19.3 Å². The van der Waals surface area contributed by atoms with E-state index in [1.165, 1.54) is 0 Å². The van der Waals surface area contributed by atoms with Gasteiger partial charge in [-0.05, 0) is 0 Å². The molecule has 0 aliphatic heterocycles. The zero-order chi connectivity index (χ0) is 8.15. The lowest BCUT2D eigenvalue weighted by atomic mass is 10.5. The zero-order valence-corrected chi connectivity index (χ0v) is 7.36. The van der Waals surface area contributed by atoms with Gasteiger partial charge in [0.05, 0.1) is 11.0 Å². The Morgan fingerprint density at radius 1 is 1.70 bits per heavy atom. The first-order chi connectivity index (χ1) is 4.52. The second-order valence-electron chi connectivity index (χ2n) is 1.36. The van der Waals surface area contributed by atoms with Gasteiger partial charge in [-0.25, -0.2) is 0 Å². The number of thiol groups is 2. The first kappa shape index (κ1) is 10.3. The van der Waals surface area contributed by atoms with Crippen LogP contribution in [0.2, 0.25) is 0 Å². The summed E-state index contributed by atoms with van der Waals surface area (Å²) < 4.78 is 21.2. The highest BCUT2D eigenvalue weighted by Gasteiger charge is 2.09. The average molecular weight is 202 g/mol. The maximum absolute atomic E-state index is 10.4. The predicted molar refractivity (Wildman–Crippen MR) is 43.2 cm³/mol. The van der Waals surface area contributed by atoms with Gasteiger partial charge in [-0.3, -0.25) is 9.35 Å². The summed E-state index contributed by atoms with van der Waals surface area (Å²) in [5.41, 5.74) is 0. The first-order valence-corrected chi connectivity index (χ1v) is 4.27. The van der Waals surface area contributed by atoms with Crippen LogP contribution in [0.15, 0.2) is 0 Å². The van der Waals surface area contributed by atoms with Crippen LogP contribution < -0.4 is 0 Å². The number of rotatable bonds is 3. The van der Waals surface area contributed by atoms with Gasteiger partial charge in [-0.15, -0.1) is 0 Å². The van der Waals surface area contributed by atoms with Crippen LogP contribution in [0, 0.1) is 0 Å². The molecule has 0 aromatic heterocycles. The molecule has 0 radical (unpaired) electrons. The maximum atomic E-state index is 10.4. The van der Waals surface area contributed by atoms with E-state index in [9.17, 15) is 9.00 Å². The van der Waals surface area contributed by atoms with Crippen LogP contribution in [0.3, 0.4) is 0 Å². The first-order valence-electron chi connectivity index (χ1n) is 2.20. The summed E-state index contributed by atoms with van der Waals surface area (Å²) in [5.74, 6) is -0.796.